The number of nitrogens with zero attached hydrogens (tertiary/aromatic N) is 2. The van der Waals surface area contributed by atoms with Crippen molar-refractivity contribution in [2.75, 3.05) is 18.9 Å². The molecule has 32 heavy (non-hydrogen) atoms. The second-order valence-electron chi connectivity index (χ2n) is 6.73. The summed E-state index contributed by atoms with van der Waals surface area (Å²) in [4.78, 5) is 53.8. The van der Waals surface area contributed by atoms with Gasteiger partial charge < -0.3 is 19.7 Å². The molecule has 1 aromatic carbocycles. The molecule has 0 radical (unpaired) electrons. The van der Waals surface area contributed by atoms with Gasteiger partial charge in [-0.1, -0.05) is 40.1 Å². The van der Waals surface area contributed by atoms with Crippen molar-refractivity contribution in [3.8, 4) is 5.75 Å². The van der Waals surface area contributed by atoms with E-state index in [1.54, 1.807) is 12.1 Å². The second-order valence-corrected chi connectivity index (χ2v) is 9.51. The highest BCUT2D eigenvalue weighted by molar-refractivity contribution is 8.77. The van der Waals surface area contributed by atoms with Crippen molar-refractivity contribution in [1.82, 2.24) is 5.32 Å². The summed E-state index contributed by atoms with van der Waals surface area (Å²) < 4.78 is 5.33. The number of amides is 1. The molecule has 1 aliphatic heterocycles. The SMILES string of the molecule is O=C(CCCC[C@H]1CCSS1)Oc1ccccc1C(=O)NCC(CO[N+](=O)[O-])O[N+](=O)[O-]. The molecule has 1 saturated heterocycles. The largest absolute Gasteiger partial charge is 0.426 e. The molecule has 12 nitrogen and oxygen atoms in total. The average Bonchev–Trinajstić information content (AvgIpc) is 3.26. The molecule has 2 atom stereocenters. The van der Waals surface area contributed by atoms with Gasteiger partial charge in [0.15, 0.2) is 0 Å². The van der Waals surface area contributed by atoms with Gasteiger partial charge in [0.2, 0.25) is 0 Å². The maximum atomic E-state index is 12.5. The highest BCUT2D eigenvalue weighted by Crippen LogP contribution is 2.39. The summed E-state index contributed by atoms with van der Waals surface area (Å²) in [5.41, 5.74) is 0.0373. The molecule has 1 aromatic rings. The Morgan fingerprint density at radius 3 is 2.66 bits per heavy atom. The molecule has 176 valence electrons. The molecule has 0 spiro atoms. The third kappa shape index (κ3) is 9.60. The molecule has 1 N–H and O–H groups in total. The first-order valence-electron chi connectivity index (χ1n) is 9.79. The van der Waals surface area contributed by atoms with Crippen LogP contribution < -0.4 is 10.1 Å². The quantitative estimate of drug-likeness (QED) is 0.102. The first-order valence-corrected chi connectivity index (χ1v) is 12.2. The minimum absolute atomic E-state index is 0.0373. The number of benzene rings is 1. The standard InChI is InChI=1S/C18H23N3O9S2/c22-17(8-4-1-5-14-9-10-31-32-14)29-16-7-3-2-6-15(16)18(23)19-11-13(30-21(26)27)12-28-20(24)25/h2-3,6-7,13-14H,1,4-5,8-12H2,(H,19,23)/t13?,14-/m0/s1. The molecule has 1 unspecified atom stereocenters. The van der Waals surface area contributed by atoms with Crippen molar-refractivity contribution < 1.29 is 34.2 Å². The van der Waals surface area contributed by atoms with Gasteiger partial charge in [-0.15, -0.1) is 20.2 Å². The van der Waals surface area contributed by atoms with Gasteiger partial charge in [0.05, 0.1) is 5.56 Å². The van der Waals surface area contributed by atoms with Crippen molar-refractivity contribution in [2.45, 2.75) is 43.5 Å². The molecule has 1 heterocycles. The number of carbonyl (C=O) groups is 2. The van der Waals surface area contributed by atoms with E-state index in [0.29, 0.717) is 11.7 Å². The number of carbonyl (C=O) groups excluding carboxylic acids is 2. The van der Waals surface area contributed by atoms with Gasteiger partial charge in [-0.25, -0.2) is 0 Å². The Bertz CT molecular complexity index is 806. The zero-order chi connectivity index (χ0) is 23.3. The minimum atomic E-state index is -1.40. The van der Waals surface area contributed by atoms with Crippen LogP contribution in [0.1, 0.15) is 42.5 Å². The van der Waals surface area contributed by atoms with Crippen LogP contribution in [0, 0.1) is 20.2 Å². The summed E-state index contributed by atoms with van der Waals surface area (Å²) in [6, 6.07) is 6.03. The lowest BCUT2D eigenvalue weighted by molar-refractivity contribution is -0.789. The maximum Gasteiger partial charge on any atom is 0.311 e. The highest BCUT2D eigenvalue weighted by atomic mass is 33.1. The summed E-state index contributed by atoms with van der Waals surface area (Å²) in [7, 11) is 3.77. The van der Waals surface area contributed by atoms with E-state index >= 15 is 0 Å². The Hall–Kier alpha value is -2.74. The van der Waals surface area contributed by atoms with Gasteiger partial charge in [0.25, 0.3) is 16.1 Å². The first-order chi connectivity index (χ1) is 15.3. The predicted octanol–water partition coefficient (Wildman–Crippen LogP) is 2.82. The van der Waals surface area contributed by atoms with Crippen molar-refractivity contribution in [3.63, 3.8) is 0 Å². The lowest BCUT2D eigenvalue weighted by Gasteiger charge is -2.15. The molecule has 2 rings (SSSR count). The van der Waals surface area contributed by atoms with E-state index in [4.69, 9.17) is 4.74 Å². The third-order valence-electron chi connectivity index (χ3n) is 4.33. The zero-order valence-corrected chi connectivity index (χ0v) is 18.6. The Kier molecular flexibility index (Phi) is 10.9. The van der Waals surface area contributed by atoms with Crippen molar-refractivity contribution in [1.29, 1.82) is 0 Å². The number of unbranched alkanes of at least 4 members (excludes halogenated alkanes) is 1. The van der Waals surface area contributed by atoms with E-state index in [1.165, 1.54) is 18.6 Å². The molecular weight excluding hydrogens is 466 g/mol. The monoisotopic (exact) mass is 489 g/mol. The second kappa shape index (κ2) is 13.6. The van der Waals surface area contributed by atoms with Gasteiger partial charge >= 0.3 is 5.97 Å². The molecule has 1 fully saturated rings. The van der Waals surface area contributed by atoms with E-state index < -0.39 is 41.3 Å². The van der Waals surface area contributed by atoms with Gasteiger partial charge in [0, 0.05) is 24.0 Å². The fourth-order valence-electron chi connectivity index (χ4n) is 2.82. The van der Waals surface area contributed by atoms with E-state index in [2.05, 4.69) is 15.0 Å². The van der Waals surface area contributed by atoms with Crippen LogP contribution in [0.15, 0.2) is 24.3 Å². The average molecular weight is 490 g/mol. The van der Waals surface area contributed by atoms with Gasteiger partial charge in [-0.2, -0.15) is 0 Å². The summed E-state index contributed by atoms with van der Waals surface area (Å²) in [6.07, 6.45) is 2.67. The Labute approximate surface area is 191 Å². The van der Waals surface area contributed by atoms with E-state index in [0.717, 1.165) is 18.6 Å². The zero-order valence-electron chi connectivity index (χ0n) is 17.0. The van der Waals surface area contributed by atoms with Crippen LogP contribution in [0.3, 0.4) is 0 Å². The van der Waals surface area contributed by atoms with Gasteiger partial charge in [-0.05, 0) is 31.4 Å². The molecule has 0 aromatic heterocycles. The van der Waals surface area contributed by atoms with E-state index in [-0.39, 0.29) is 17.7 Å². The molecule has 0 aliphatic carbocycles. The lowest BCUT2D eigenvalue weighted by Crippen LogP contribution is -2.38. The summed E-state index contributed by atoms with van der Waals surface area (Å²) in [5, 5.41) is 21.5. The van der Waals surface area contributed by atoms with Crippen molar-refractivity contribution >= 4 is 33.5 Å². The topological polar surface area (TPSA) is 160 Å². The van der Waals surface area contributed by atoms with Gasteiger partial charge in [0.1, 0.15) is 18.5 Å². The van der Waals surface area contributed by atoms with Crippen LogP contribution in [0.25, 0.3) is 0 Å². The van der Waals surface area contributed by atoms with Gasteiger partial charge in [-0.3, -0.25) is 9.59 Å². The fourth-order valence-corrected chi connectivity index (χ4v) is 5.84. The molecule has 1 amide bonds. The lowest BCUT2D eigenvalue weighted by atomic mass is 10.1. The van der Waals surface area contributed by atoms with Crippen LogP contribution >= 0.6 is 21.6 Å². The Balaban J connectivity index is 1.84. The number of hydrogen-bond acceptors (Lipinski definition) is 11. The summed E-state index contributed by atoms with van der Waals surface area (Å²) in [5.74, 6) is 0.0543. The number of para-hydroxylation sites is 1. The van der Waals surface area contributed by atoms with Crippen LogP contribution in [0.4, 0.5) is 0 Å². The number of ether oxygens (including phenoxy) is 1. The third-order valence-corrected chi connectivity index (χ3v) is 7.34. The molecule has 14 heteroatoms. The maximum absolute atomic E-state index is 12.5. The molecule has 1 aliphatic rings. The fraction of sp³-hybridized carbons (Fsp3) is 0.556. The van der Waals surface area contributed by atoms with Crippen molar-refractivity contribution in [2.24, 2.45) is 0 Å². The predicted molar refractivity (Wildman–Crippen MR) is 116 cm³/mol. The summed E-state index contributed by atoms with van der Waals surface area (Å²) in [6.45, 7) is -1.18. The molecule has 0 bridgehead atoms. The van der Waals surface area contributed by atoms with Crippen molar-refractivity contribution in [3.05, 3.63) is 50.1 Å². The van der Waals surface area contributed by atoms with E-state index in [1.807, 2.05) is 21.6 Å². The molecular formula is C18H23N3O9S2. The number of nitrogens with one attached hydrogen (secondary N) is 1. The highest BCUT2D eigenvalue weighted by Gasteiger charge is 2.20. The first kappa shape index (κ1) is 25.5. The van der Waals surface area contributed by atoms with Crippen LogP contribution in [-0.2, 0) is 14.5 Å². The van der Waals surface area contributed by atoms with Crippen LogP contribution in [-0.4, -0.2) is 52.3 Å². The number of esters is 1. The Morgan fingerprint density at radius 1 is 1.19 bits per heavy atom. The normalized spacial score (nSPS) is 16.1. The minimum Gasteiger partial charge on any atom is -0.426 e. The molecule has 0 saturated carbocycles. The summed E-state index contributed by atoms with van der Waals surface area (Å²) >= 11 is 0. The number of hydrogen-bond donors (Lipinski definition) is 1. The van der Waals surface area contributed by atoms with E-state index in [9.17, 15) is 29.8 Å². The smallest absolute Gasteiger partial charge is 0.311 e. The number of rotatable bonds is 14. The Morgan fingerprint density at radius 2 is 1.97 bits per heavy atom. The van der Waals surface area contributed by atoms with Crippen LogP contribution in [0.2, 0.25) is 0 Å². The van der Waals surface area contributed by atoms with Crippen LogP contribution in [0.5, 0.6) is 5.75 Å².